The van der Waals surface area contributed by atoms with E-state index < -0.39 is 0 Å². The summed E-state index contributed by atoms with van der Waals surface area (Å²) in [4.78, 5) is 10.5. The minimum atomic E-state index is -0.113. The van der Waals surface area contributed by atoms with Gasteiger partial charge in [0.25, 0.3) is 0 Å². The second kappa shape index (κ2) is 4.06. The Hall–Kier alpha value is -0.340. The fraction of sp³-hybridized carbons (Fsp3) is 0.222. The summed E-state index contributed by atoms with van der Waals surface area (Å²) in [5, 5.41) is 0.655. The molecule has 0 spiro atoms. The first-order valence-corrected chi connectivity index (χ1v) is 4.72. The van der Waals surface area contributed by atoms with Crippen LogP contribution in [0.5, 0.6) is 0 Å². The smallest absolute Gasteiger partial charge is 0.127 e. The van der Waals surface area contributed by atoms with Crippen LogP contribution in [-0.2, 0) is 4.79 Å². The van der Waals surface area contributed by atoms with E-state index in [4.69, 9.17) is 11.6 Å². The summed E-state index contributed by atoms with van der Waals surface area (Å²) in [6.07, 6.45) is 0.899. The van der Waals surface area contributed by atoms with Gasteiger partial charge in [-0.1, -0.05) is 34.5 Å². The van der Waals surface area contributed by atoms with E-state index in [0.717, 1.165) is 16.3 Å². The zero-order valence-electron chi connectivity index (χ0n) is 6.55. The Kier molecular flexibility index (Phi) is 3.29. The maximum atomic E-state index is 10.5. The van der Waals surface area contributed by atoms with Gasteiger partial charge in [-0.3, -0.25) is 0 Å². The third-order valence-corrected chi connectivity index (χ3v) is 2.61. The van der Waals surface area contributed by atoms with Gasteiger partial charge >= 0.3 is 0 Å². The molecule has 0 saturated heterocycles. The van der Waals surface area contributed by atoms with E-state index in [1.807, 2.05) is 13.0 Å². The molecule has 0 aromatic heterocycles. The molecule has 0 saturated carbocycles. The minimum Gasteiger partial charge on any atom is -0.303 e. The second-order valence-corrected chi connectivity index (χ2v) is 3.88. The van der Waals surface area contributed by atoms with E-state index in [9.17, 15) is 4.79 Å². The van der Waals surface area contributed by atoms with Gasteiger partial charge < -0.3 is 4.79 Å². The van der Waals surface area contributed by atoms with Gasteiger partial charge in [-0.15, -0.1) is 0 Å². The Labute approximate surface area is 84.9 Å². The normalized spacial score (nSPS) is 12.6. The summed E-state index contributed by atoms with van der Waals surface area (Å²) < 4.78 is 0.923. The Bertz CT molecular complexity index is 299. The summed E-state index contributed by atoms with van der Waals surface area (Å²) in [5.41, 5.74) is 0.928. The number of benzene rings is 1. The van der Waals surface area contributed by atoms with Gasteiger partial charge in [0.1, 0.15) is 6.29 Å². The second-order valence-electron chi connectivity index (χ2n) is 2.59. The number of rotatable bonds is 2. The Morgan fingerprint density at radius 1 is 1.58 bits per heavy atom. The van der Waals surface area contributed by atoms with Crippen LogP contribution in [0.4, 0.5) is 0 Å². The van der Waals surface area contributed by atoms with Crippen molar-refractivity contribution >= 4 is 33.8 Å². The molecule has 0 heterocycles. The first-order chi connectivity index (χ1) is 5.65. The minimum absolute atomic E-state index is 0.113. The van der Waals surface area contributed by atoms with Crippen molar-refractivity contribution in [2.24, 2.45) is 0 Å². The fourth-order valence-electron chi connectivity index (χ4n) is 0.937. The van der Waals surface area contributed by atoms with Crippen LogP contribution in [0.15, 0.2) is 22.7 Å². The van der Waals surface area contributed by atoms with Crippen LogP contribution >= 0.6 is 27.5 Å². The van der Waals surface area contributed by atoms with Crippen LogP contribution in [0.25, 0.3) is 0 Å². The van der Waals surface area contributed by atoms with Crippen molar-refractivity contribution < 1.29 is 4.79 Å². The zero-order valence-corrected chi connectivity index (χ0v) is 8.89. The van der Waals surface area contributed by atoms with Crippen LogP contribution in [0.1, 0.15) is 18.4 Å². The molecular weight excluding hydrogens is 239 g/mol. The van der Waals surface area contributed by atoms with Crippen molar-refractivity contribution in [2.45, 2.75) is 12.8 Å². The standard InChI is InChI=1S/C9H8BrClO/c1-6(5-12)8-4-7(11)2-3-9(8)10/h2-6H,1H3. The van der Waals surface area contributed by atoms with Gasteiger partial charge in [-0.05, 0) is 23.8 Å². The molecule has 0 amide bonds. The van der Waals surface area contributed by atoms with Crippen molar-refractivity contribution in [2.75, 3.05) is 0 Å². The number of hydrogen-bond donors (Lipinski definition) is 0. The van der Waals surface area contributed by atoms with Gasteiger partial charge in [0.05, 0.1) is 0 Å². The maximum absolute atomic E-state index is 10.5. The summed E-state index contributed by atoms with van der Waals surface area (Å²) >= 11 is 9.14. The number of carbonyl (C=O) groups is 1. The van der Waals surface area contributed by atoms with Gasteiger partial charge in [0, 0.05) is 15.4 Å². The molecule has 1 aromatic carbocycles. The van der Waals surface area contributed by atoms with Crippen LogP contribution in [0.2, 0.25) is 5.02 Å². The van der Waals surface area contributed by atoms with Crippen molar-refractivity contribution in [1.29, 1.82) is 0 Å². The molecule has 1 unspecified atom stereocenters. The van der Waals surface area contributed by atoms with E-state index >= 15 is 0 Å². The highest BCUT2D eigenvalue weighted by Gasteiger charge is 2.07. The molecule has 64 valence electrons. The summed E-state index contributed by atoms with van der Waals surface area (Å²) in [6, 6.07) is 5.43. The molecule has 3 heteroatoms. The summed E-state index contributed by atoms with van der Waals surface area (Å²) in [7, 11) is 0. The fourth-order valence-corrected chi connectivity index (χ4v) is 1.73. The molecule has 0 aliphatic heterocycles. The highest BCUT2D eigenvalue weighted by molar-refractivity contribution is 9.10. The molecule has 0 aliphatic rings. The number of carbonyl (C=O) groups excluding carboxylic acids is 1. The van der Waals surface area contributed by atoms with Gasteiger partial charge in [0.2, 0.25) is 0 Å². The van der Waals surface area contributed by atoms with E-state index in [1.54, 1.807) is 12.1 Å². The van der Waals surface area contributed by atoms with E-state index in [-0.39, 0.29) is 5.92 Å². The number of halogens is 2. The lowest BCUT2D eigenvalue weighted by Crippen LogP contribution is -1.95. The monoisotopic (exact) mass is 246 g/mol. The lowest BCUT2D eigenvalue weighted by molar-refractivity contribution is -0.108. The maximum Gasteiger partial charge on any atom is 0.127 e. The Balaban J connectivity index is 3.12. The molecule has 0 bridgehead atoms. The van der Waals surface area contributed by atoms with Crippen LogP contribution in [0, 0.1) is 0 Å². The molecule has 1 rings (SSSR count). The molecular formula is C9H8BrClO. The van der Waals surface area contributed by atoms with E-state index in [0.29, 0.717) is 5.02 Å². The van der Waals surface area contributed by atoms with E-state index in [1.165, 1.54) is 0 Å². The predicted molar refractivity (Wildman–Crippen MR) is 53.6 cm³/mol. The van der Waals surface area contributed by atoms with Gasteiger partial charge in [0.15, 0.2) is 0 Å². The van der Waals surface area contributed by atoms with Gasteiger partial charge in [-0.25, -0.2) is 0 Å². The molecule has 1 nitrogen and oxygen atoms in total. The quantitative estimate of drug-likeness (QED) is 0.732. The molecule has 0 aliphatic carbocycles. The van der Waals surface area contributed by atoms with Crippen LogP contribution in [-0.4, -0.2) is 6.29 Å². The molecule has 12 heavy (non-hydrogen) atoms. The molecule has 0 fully saturated rings. The zero-order chi connectivity index (χ0) is 9.14. The Morgan fingerprint density at radius 3 is 2.83 bits per heavy atom. The summed E-state index contributed by atoms with van der Waals surface area (Å²) in [5.74, 6) is -0.113. The van der Waals surface area contributed by atoms with Crippen LogP contribution < -0.4 is 0 Å². The lowest BCUT2D eigenvalue weighted by atomic mass is 10.0. The highest BCUT2D eigenvalue weighted by atomic mass is 79.9. The Morgan fingerprint density at radius 2 is 2.25 bits per heavy atom. The van der Waals surface area contributed by atoms with Crippen molar-refractivity contribution in [1.82, 2.24) is 0 Å². The topological polar surface area (TPSA) is 17.1 Å². The first kappa shape index (κ1) is 9.75. The molecule has 0 radical (unpaired) electrons. The predicted octanol–water partition coefficient (Wildman–Crippen LogP) is 3.40. The van der Waals surface area contributed by atoms with Crippen molar-refractivity contribution in [3.05, 3.63) is 33.3 Å². The lowest BCUT2D eigenvalue weighted by Gasteiger charge is -2.06. The van der Waals surface area contributed by atoms with Crippen molar-refractivity contribution in [3.63, 3.8) is 0 Å². The van der Waals surface area contributed by atoms with E-state index in [2.05, 4.69) is 15.9 Å². The first-order valence-electron chi connectivity index (χ1n) is 3.55. The largest absolute Gasteiger partial charge is 0.303 e. The van der Waals surface area contributed by atoms with Crippen molar-refractivity contribution in [3.8, 4) is 0 Å². The molecule has 1 atom stereocenters. The number of aldehydes is 1. The summed E-state index contributed by atoms with van der Waals surface area (Å²) in [6.45, 7) is 1.84. The third kappa shape index (κ3) is 2.08. The number of hydrogen-bond acceptors (Lipinski definition) is 1. The average molecular weight is 248 g/mol. The molecule has 0 N–H and O–H groups in total. The van der Waals surface area contributed by atoms with Gasteiger partial charge in [-0.2, -0.15) is 0 Å². The third-order valence-electron chi connectivity index (χ3n) is 1.65. The SMILES string of the molecule is CC(C=O)c1cc(Cl)ccc1Br. The average Bonchev–Trinajstić information content (AvgIpc) is 2.08. The van der Waals surface area contributed by atoms with Crippen LogP contribution in [0.3, 0.4) is 0 Å². The highest BCUT2D eigenvalue weighted by Crippen LogP contribution is 2.26. The molecule has 1 aromatic rings.